The molecule has 2 aromatic carbocycles. The highest BCUT2D eigenvalue weighted by molar-refractivity contribution is 6.30. The van der Waals surface area contributed by atoms with Crippen LogP contribution in [0.15, 0.2) is 60.7 Å². The molecular weight excluding hydrogens is 314 g/mol. The van der Waals surface area contributed by atoms with Crippen molar-refractivity contribution < 1.29 is 0 Å². The Morgan fingerprint density at radius 3 is 2.50 bits per heavy atom. The van der Waals surface area contributed by atoms with Crippen LogP contribution < -0.4 is 0 Å². The Bertz CT molecular complexity index is 707. The van der Waals surface area contributed by atoms with Gasteiger partial charge < -0.3 is 0 Å². The molecule has 0 radical (unpaired) electrons. The lowest BCUT2D eigenvalue weighted by atomic mass is 9.76. The topological polar surface area (TPSA) is 3.24 Å². The Kier molecular flexibility index (Phi) is 4.47. The average molecular weight is 338 g/mol. The van der Waals surface area contributed by atoms with Crippen LogP contribution in [0.5, 0.6) is 0 Å². The summed E-state index contributed by atoms with van der Waals surface area (Å²) in [4.78, 5) is 2.62. The molecule has 2 aromatic rings. The minimum atomic E-state index is 0.565. The molecule has 2 unspecified atom stereocenters. The van der Waals surface area contributed by atoms with Crippen molar-refractivity contribution in [1.82, 2.24) is 4.90 Å². The maximum absolute atomic E-state index is 6.10. The maximum atomic E-state index is 6.10. The van der Waals surface area contributed by atoms with Crippen LogP contribution in [0.2, 0.25) is 5.02 Å². The van der Waals surface area contributed by atoms with E-state index in [1.807, 2.05) is 12.1 Å². The number of benzene rings is 2. The molecule has 0 amide bonds. The summed E-state index contributed by atoms with van der Waals surface area (Å²) in [5, 5.41) is 0.825. The van der Waals surface area contributed by atoms with E-state index >= 15 is 0 Å². The van der Waals surface area contributed by atoms with Crippen LogP contribution in [0, 0.1) is 5.92 Å². The fourth-order valence-electron chi connectivity index (χ4n) is 4.62. The quantitative estimate of drug-likeness (QED) is 0.702. The van der Waals surface area contributed by atoms with Gasteiger partial charge in [0.05, 0.1) is 0 Å². The zero-order valence-electron chi connectivity index (χ0n) is 14.1. The molecule has 4 atom stereocenters. The minimum absolute atomic E-state index is 0.565. The van der Waals surface area contributed by atoms with Gasteiger partial charge in [0.15, 0.2) is 0 Å². The van der Waals surface area contributed by atoms with Gasteiger partial charge in [-0.15, -0.1) is 0 Å². The molecule has 1 nitrogen and oxygen atoms in total. The van der Waals surface area contributed by atoms with Crippen molar-refractivity contribution in [2.75, 3.05) is 7.05 Å². The lowest BCUT2D eigenvalue weighted by Gasteiger charge is -2.42. The van der Waals surface area contributed by atoms with Gasteiger partial charge in [-0.2, -0.15) is 0 Å². The number of hydrogen-bond acceptors (Lipinski definition) is 1. The van der Waals surface area contributed by atoms with Gasteiger partial charge in [-0.1, -0.05) is 66.2 Å². The summed E-state index contributed by atoms with van der Waals surface area (Å²) in [6.07, 6.45) is 8.66. The molecule has 2 aliphatic rings. The van der Waals surface area contributed by atoms with Gasteiger partial charge >= 0.3 is 0 Å². The standard InChI is InChI=1S/C22H24ClN/c1-24-19-12-14-22(24)20(13-7-16-5-3-2-4-6-16)21(15-19)17-8-10-18(23)11-9-17/h2-11,13,19-22H,12,14-15H2,1H3/b13-7+/t19?,20-,21+,22?/m0/s1. The van der Waals surface area contributed by atoms with E-state index in [0.29, 0.717) is 17.9 Å². The van der Waals surface area contributed by atoms with Gasteiger partial charge in [-0.3, -0.25) is 4.90 Å². The minimum Gasteiger partial charge on any atom is -0.300 e. The van der Waals surface area contributed by atoms with Crippen LogP contribution in [-0.4, -0.2) is 24.0 Å². The Balaban J connectivity index is 1.65. The molecule has 0 aromatic heterocycles. The molecule has 24 heavy (non-hydrogen) atoms. The smallest absolute Gasteiger partial charge is 0.0406 e. The highest BCUT2D eigenvalue weighted by atomic mass is 35.5. The summed E-state index contributed by atoms with van der Waals surface area (Å²) in [7, 11) is 2.31. The zero-order valence-corrected chi connectivity index (χ0v) is 14.9. The first-order valence-corrected chi connectivity index (χ1v) is 9.31. The van der Waals surface area contributed by atoms with Crippen molar-refractivity contribution in [2.45, 2.75) is 37.3 Å². The van der Waals surface area contributed by atoms with Crippen molar-refractivity contribution in [3.63, 3.8) is 0 Å². The Morgan fingerprint density at radius 2 is 1.75 bits per heavy atom. The molecule has 2 heterocycles. The third kappa shape index (κ3) is 3.03. The summed E-state index contributed by atoms with van der Waals surface area (Å²) in [6, 6.07) is 20.6. The number of fused-ring (bicyclic) bond motifs is 2. The molecule has 4 rings (SSSR count). The van der Waals surface area contributed by atoms with Crippen LogP contribution in [0.3, 0.4) is 0 Å². The van der Waals surface area contributed by atoms with Gasteiger partial charge in [0.2, 0.25) is 0 Å². The second-order valence-electron chi connectivity index (χ2n) is 7.20. The third-order valence-electron chi connectivity index (χ3n) is 5.94. The second kappa shape index (κ2) is 6.74. The summed E-state index contributed by atoms with van der Waals surface area (Å²) >= 11 is 6.10. The fraction of sp³-hybridized carbons (Fsp3) is 0.364. The zero-order chi connectivity index (χ0) is 16.5. The average Bonchev–Trinajstić information content (AvgIpc) is 2.86. The van der Waals surface area contributed by atoms with Gasteiger partial charge in [0, 0.05) is 17.1 Å². The second-order valence-corrected chi connectivity index (χ2v) is 7.64. The normalized spacial score (nSPS) is 30.1. The predicted molar refractivity (Wildman–Crippen MR) is 102 cm³/mol. The number of nitrogens with zero attached hydrogens (tertiary/aromatic N) is 1. The molecule has 2 fully saturated rings. The van der Waals surface area contributed by atoms with Crippen molar-refractivity contribution in [3.05, 3.63) is 76.8 Å². The SMILES string of the molecule is CN1C2CCC1[C@@H](/C=C/c1ccccc1)[C@@H](c1ccc(Cl)cc1)C2. The molecule has 0 aliphatic carbocycles. The molecular formula is C22H24ClN. The van der Waals surface area contributed by atoms with Gasteiger partial charge in [-0.25, -0.2) is 0 Å². The van der Waals surface area contributed by atoms with E-state index in [-0.39, 0.29) is 0 Å². The summed E-state index contributed by atoms with van der Waals surface area (Å²) < 4.78 is 0. The Labute approximate surface area is 149 Å². The lowest BCUT2D eigenvalue weighted by molar-refractivity contribution is 0.124. The lowest BCUT2D eigenvalue weighted by Crippen LogP contribution is -2.45. The van der Waals surface area contributed by atoms with E-state index < -0.39 is 0 Å². The summed E-state index contributed by atoms with van der Waals surface area (Å²) in [5.74, 6) is 1.16. The van der Waals surface area contributed by atoms with Gasteiger partial charge in [0.25, 0.3) is 0 Å². The van der Waals surface area contributed by atoms with Crippen molar-refractivity contribution in [2.24, 2.45) is 5.92 Å². The molecule has 2 bridgehead atoms. The third-order valence-corrected chi connectivity index (χ3v) is 6.19. The maximum Gasteiger partial charge on any atom is 0.0406 e. The molecule has 124 valence electrons. The molecule has 2 aliphatic heterocycles. The molecule has 0 saturated carbocycles. The first-order chi connectivity index (χ1) is 11.7. The van der Waals surface area contributed by atoms with E-state index in [9.17, 15) is 0 Å². The Morgan fingerprint density at radius 1 is 1.00 bits per heavy atom. The number of piperidine rings is 1. The molecule has 2 saturated heterocycles. The van der Waals surface area contributed by atoms with E-state index in [1.165, 1.54) is 30.4 Å². The Hall–Kier alpha value is -1.57. The number of halogens is 1. The largest absolute Gasteiger partial charge is 0.300 e. The van der Waals surface area contributed by atoms with E-state index in [4.69, 9.17) is 11.6 Å². The van der Waals surface area contributed by atoms with E-state index in [0.717, 1.165) is 11.1 Å². The van der Waals surface area contributed by atoms with Crippen LogP contribution in [0.1, 0.15) is 36.3 Å². The predicted octanol–water partition coefficient (Wildman–Crippen LogP) is 5.62. The summed E-state index contributed by atoms with van der Waals surface area (Å²) in [5.41, 5.74) is 2.72. The van der Waals surface area contributed by atoms with Crippen molar-refractivity contribution in [1.29, 1.82) is 0 Å². The highest BCUT2D eigenvalue weighted by Gasteiger charge is 2.44. The molecule has 2 heteroatoms. The van der Waals surface area contributed by atoms with Crippen molar-refractivity contribution in [3.8, 4) is 0 Å². The summed E-state index contributed by atoms with van der Waals surface area (Å²) in [6.45, 7) is 0. The van der Waals surface area contributed by atoms with Crippen LogP contribution in [0.4, 0.5) is 0 Å². The highest BCUT2D eigenvalue weighted by Crippen LogP contribution is 2.47. The van der Waals surface area contributed by atoms with E-state index in [1.54, 1.807) is 0 Å². The van der Waals surface area contributed by atoms with E-state index in [2.05, 4.69) is 66.6 Å². The first kappa shape index (κ1) is 15.9. The molecule has 0 N–H and O–H groups in total. The van der Waals surface area contributed by atoms with Crippen molar-refractivity contribution >= 4 is 17.7 Å². The first-order valence-electron chi connectivity index (χ1n) is 8.93. The van der Waals surface area contributed by atoms with Gasteiger partial charge in [-0.05, 0) is 61.4 Å². The van der Waals surface area contributed by atoms with Crippen LogP contribution in [0.25, 0.3) is 6.08 Å². The van der Waals surface area contributed by atoms with Gasteiger partial charge in [0.1, 0.15) is 0 Å². The van der Waals surface area contributed by atoms with Crippen LogP contribution >= 0.6 is 11.6 Å². The monoisotopic (exact) mass is 337 g/mol. The number of hydrogen-bond donors (Lipinski definition) is 0. The fourth-order valence-corrected chi connectivity index (χ4v) is 4.75. The number of rotatable bonds is 3. The van der Waals surface area contributed by atoms with Crippen LogP contribution in [-0.2, 0) is 0 Å². The molecule has 0 spiro atoms.